The molecule has 1 rings (SSSR count). The zero-order valence-corrected chi connectivity index (χ0v) is 11.1. The first-order chi connectivity index (χ1) is 9.31. The van der Waals surface area contributed by atoms with Gasteiger partial charge in [0.15, 0.2) is 0 Å². The van der Waals surface area contributed by atoms with E-state index in [1.165, 1.54) is 24.3 Å². The number of rotatable bonds is 5. The lowest BCUT2D eigenvalue weighted by atomic mass is 10.0. The first-order valence-corrected chi connectivity index (χ1v) is 6.17. The summed E-state index contributed by atoms with van der Waals surface area (Å²) in [5, 5.41) is 13.4. The van der Waals surface area contributed by atoms with Crippen molar-refractivity contribution in [2.24, 2.45) is 0 Å². The van der Waals surface area contributed by atoms with E-state index in [2.05, 4.69) is 10.6 Å². The molecular formula is C12H14ClF3N2O2. The van der Waals surface area contributed by atoms with Crippen molar-refractivity contribution in [3.8, 4) is 0 Å². The van der Waals surface area contributed by atoms with Gasteiger partial charge in [0.05, 0.1) is 19.1 Å². The number of carbonyl (C=O) groups is 1. The summed E-state index contributed by atoms with van der Waals surface area (Å²) in [6.07, 6.45) is -5.62. The van der Waals surface area contributed by atoms with Crippen molar-refractivity contribution in [1.29, 1.82) is 0 Å². The van der Waals surface area contributed by atoms with Gasteiger partial charge in [-0.15, -0.1) is 0 Å². The van der Waals surface area contributed by atoms with Crippen molar-refractivity contribution in [3.63, 3.8) is 0 Å². The van der Waals surface area contributed by atoms with E-state index in [0.717, 1.165) is 0 Å². The molecule has 0 aliphatic rings. The van der Waals surface area contributed by atoms with E-state index < -0.39 is 24.7 Å². The summed E-state index contributed by atoms with van der Waals surface area (Å²) < 4.78 is 37.6. The van der Waals surface area contributed by atoms with E-state index in [-0.39, 0.29) is 13.2 Å². The lowest BCUT2D eigenvalue weighted by molar-refractivity contribution is -0.139. The molecule has 20 heavy (non-hydrogen) atoms. The van der Waals surface area contributed by atoms with Crippen LogP contribution in [0.5, 0.6) is 0 Å². The smallest absolute Gasteiger partial charge is 0.391 e. The first-order valence-electron chi connectivity index (χ1n) is 5.79. The zero-order chi connectivity index (χ0) is 15.2. The van der Waals surface area contributed by atoms with Crippen LogP contribution in [0.4, 0.5) is 18.0 Å². The molecule has 0 aromatic heterocycles. The number of hydrogen-bond donors (Lipinski definition) is 3. The minimum atomic E-state index is -4.42. The van der Waals surface area contributed by atoms with Crippen LogP contribution < -0.4 is 10.6 Å². The molecule has 0 heterocycles. The van der Waals surface area contributed by atoms with E-state index in [4.69, 9.17) is 16.7 Å². The third kappa shape index (κ3) is 6.12. The van der Waals surface area contributed by atoms with Crippen molar-refractivity contribution in [1.82, 2.24) is 10.6 Å². The molecule has 1 atom stereocenters. The van der Waals surface area contributed by atoms with E-state index in [1.807, 2.05) is 0 Å². The average molecular weight is 311 g/mol. The van der Waals surface area contributed by atoms with Gasteiger partial charge < -0.3 is 15.7 Å². The minimum Gasteiger partial charge on any atom is -0.395 e. The summed E-state index contributed by atoms with van der Waals surface area (Å²) in [5.41, 5.74) is 0.297. The third-order valence-electron chi connectivity index (χ3n) is 2.41. The Kier molecular flexibility index (Phi) is 6.09. The Labute approximate surface area is 118 Å². The summed E-state index contributed by atoms with van der Waals surface area (Å²) >= 11 is 5.67. The van der Waals surface area contributed by atoms with Gasteiger partial charge in [-0.3, -0.25) is 0 Å². The van der Waals surface area contributed by atoms with Crippen LogP contribution in [0.3, 0.4) is 0 Å². The van der Waals surface area contributed by atoms with Crippen LogP contribution in [0.1, 0.15) is 18.0 Å². The van der Waals surface area contributed by atoms with Crippen LogP contribution >= 0.6 is 11.6 Å². The fraction of sp³-hybridized carbons (Fsp3) is 0.417. The Morgan fingerprint density at radius 2 is 1.90 bits per heavy atom. The Morgan fingerprint density at radius 3 is 2.40 bits per heavy atom. The maximum Gasteiger partial charge on any atom is 0.391 e. The Hall–Kier alpha value is -1.47. The molecule has 0 spiro atoms. The van der Waals surface area contributed by atoms with Gasteiger partial charge in [-0.25, -0.2) is 4.79 Å². The summed E-state index contributed by atoms with van der Waals surface area (Å²) in [6.45, 7) is -0.330. The van der Waals surface area contributed by atoms with Gasteiger partial charge in [-0.05, 0) is 17.7 Å². The molecule has 0 saturated carbocycles. The normalized spacial score (nSPS) is 12.8. The van der Waals surface area contributed by atoms with Crippen LogP contribution in [-0.4, -0.2) is 30.5 Å². The molecule has 112 valence electrons. The van der Waals surface area contributed by atoms with Crippen molar-refractivity contribution < 1.29 is 23.1 Å². The number of carbonyl (C=O) groups excluding carboxylic acids is 1. The van der Waals surface area contributed by atoms with Crippen LogP contribution in [0, 0.1) is 0 Å². The van der Waals surface area contributed by atoms with Crippen molar-refractivity contribution >= 4 is 17.6 Å². The number of aliphatic hydroxyl groups is 1. The molecule has 1 aromatic rings. The maximum atomic E-state index is 12.5. The summed E-state index contributed by atoms with van der Waals surface area (Å²) in [7, 11) is 0. The molecule has 0 unspecified atom stereocenters. The molecule has 4 nitrogen and oxygen atoms in total. The second-order valence-electron chi connectivity index (χ2n) is 4.05. The predicted molar refractivity (Wildman–Crippen MR) is 68.5 cm³/mol. The molecular weight excluding hydrogens is 297 g/mol. The average Bonchev–Trinajstić information content (AvgIpc) is 2.35. The fourth-order valence-electron chi connectivity index (χ4n) is 1.56. The monoisotopic (exact) mass is 310 g/mol. The molecule has 0 radical (unpaired) electrons. The molecule has 0 aliphatic carbocycles. The highest BCUT2D eigenvalue weighted by molar-refractivity contribution is 6.30. The Balaban J connectivity index is 2.80. The van der Waals surface area contributed by atoms with Crippen molar-refractivity contribution in [2.45, 2.75) is 18.6 Å². The maximum absolute atomic E-state index is 12.5. The number of halogens is 4. The van der Waals surface area contributed by atoms with Gasteiger partial charge >= 0.3 is 12.2 Å². The quantitative estimate of drug-likeness (QED) is 0.783. The second-order valence-corrected chi connectivity index (χ2v) is 4.48. The van der Waals surface area contributed by atoms with Gasteiger partial charge in [-0.2, -0.15) is 13.2 Å². The van der Waals surface area contributed by atoms with Crippen LogP contribution in [-0.2, 0) is 0 Å². The molecule has 0 fully saturated rings. The predicted octanol–water partition coefficient (Wildman–Crippen LogP) is 2.63. The van der Waals surface area contributed by atoms with Crippen LogP contribution in [0.15, 0.2) is 24.3 Å². The summed E-state index contributed by atoms with van der Waals surface area (Å²) in [4.78, 5) is 11.4. The van der Waals surface area contributed by atoms with Gasteiger partial charge in [0.2, 0.25) is 0 Å². The van der Waals surface area contributed by atoms with Gasteiger partial charge in [0.1, 0.15) is 0 Å². The lowest BCUT2D eigenvalue weighted by Crippen LogP contribution is -2.40. The lowest BCUT2D eigenvalue weighted by Gasteiger charge is -2.21. The van der Waals surface area contributed by atoms with Crippen LogP contribution in [0.2, 0.25) is 5.02 Å². The topological polar surface area (TPSA) is 61.4 Å². The van der Waals surface area contributed by atoms with Crippen LogP contribution in [0.25, 0.3) is 0 Å². The van der Waals surface area contributed by atoms with Crippen molar-refractivity contribution in [3.05, 3.63) is 34.9 Å². The minimum absolute atomic E-state index is 0.0365. The molecule has 3 N–H and O–H groups in total. The highest BCUT2D eigenvalue weighted by Gasteiger charge is 2.33. The largest absolute Gasteiger partial charge is 0.395 e. The number of benzene rings is 1. The Bertz CT molecular complexity index is 437. The van der Waals surface area contributed by atoms with E-state index >= 15 is 0 Å². The molecule has 0 bridgehead atoms. The van der Waals surface area contributed by atoms with Gasteiger partial charge in [-0.1, -0.05) is 23.7 Å². The highest BCUT2D eigenvalue weighted by Crippen LogP contribution is 2.30. The Morgan fingerprint density at radius 1 is 1.30 bits per heavy atom. The number of amides is 2. The van der Waals surface area contributed by atoms with Gasteiger partial charge in [0.25, 0.3) is 0 Å². The second kappa shape index (κ2) is 7.35. The number of nitrogens with one attached hydrogen (secondary N) is 2. The number of alkyl halides is 3. The molecule has 1 aromatic carbocycles. The molecule has 2 amide bonds. The number of aliphatic hydroxyl groups excluding tert-OH is 1. The van der Waals surface area contributed by atoms with Gasteiger partial charge in [0, 0.05) is 11.6 Å². The van der Waals surface area contributed by atoms with Crippen molar-refractivity contribution in [2.75, 3.05) is 13.2 Å². The molecule has 0 aliphatic heterocycles. The summed E-state index contributed by atoms with van der Waals surface area (Å²) in [5.74, 6) is 0. The summed E-state index contributed by atoms with van der Waals surface area (Å²) in [6, 6.07) is 3.76. The number of hydrogen-bond acceptors (Lipinski definition) is 2. The fourth-order valence-corrected chi connectivity index (χ4v) is 1.68. The third-order valence-corrected chi connectivity index (χ3v) is 2.66. The highest BCUT2D eigenvalue weighted by atomic mass is 35.5. The zero-order valence-electron chi connectivity index (χ0n) is 10.4. The standard InChI is InChI=1S/C12H14ClF3N2O2/c13-9-3-1-8(2-4-9)10(7-12(14,15)16)18-11(20)17-5-6-19/h1-4,10,19H,5-7H2,(H2,17,18,20)/t10-/m1/s1. The molecule has 8 heteroatoms. The van der Waals surface area contributed by atoms with E-state index in [9.17, 15) is 18.0 Å². The first kappa shape index (κ1) is 16.6. The molecule has 0 saturated heterocycles. The SMILES string of the molecule is O=C(NCCO)N[C@H](CC(F)(F)F)c1ccc(Cl)cc1. The van der Waals surface area contributed by atoms with E-state index in [0.29, 0.717) is 10.6 Å². The number of urea groups is 1. The van der Waals surface area contributed by atoms with E-state index in [1.54, 1.807) is 0 Å².